The maximum Gasteiger partial charge on any atom is 0.262 e. The zero-order valence-corrected chi connectivity index (χ0v) is 19.1. The molecule has 1 aliphatic heterocycles. The Hall–Kier alpha value is -1.96. The SMILES string of the molecule is CCOc1cccc(N2C(=O)c3cc(I)ccc3N[C@H]2c2cccc(Cl)c2Cl)c1. The minimum absolute atomic E-state index is 0.119. The number of hydrogen-bond donors (Lipinski definition) is 1. The fourth-order valence-corrected chi connectivity index (χ4v) is 4.29. The molecule has 4 nitrogen and oxygen atoms in total. The summed E-state index contributed by atoms with van der Waals surface area (Å²) >= 11 is 15.0. The molecule has 148 valence electrons. The molecule has 1 amide bonds. The van der Waals surface area contributed by atoms with Crippen molar-refractivity contribution in [2.75, 3.05) is 16.8 Å². The number of benzene rings is 3. The Morgan fingerprint density at radius 3 is 2.69 bits per heavy atom. The number of rotatable bonds is 4. The van der Waals surface area contributed by atoms with Gasteiger partial charge in [0.05, 0.1) is 27.9 Å². The molecule has 0 fully saturated rings. The molecule has 29 heavy (non-hydrogen) atoms. The highest BCUT2D eigenvalue weighted by molar-refractivity contribution is 14.1. The van der Waals surface area contributed by atoms with Gasteiger partial charge in [-0.2, -0.15) is 0 Å². The lowest BCUT2D eigenvalue weighted by molar-refractivity contribution is 0.0975. The van der Waals surface area contributed by atoms with Crippen LogP contribution in [-0.2, 0) is 0 Å². The topological polar surface area (TPSA) is 41.6 Å². The molecule has 3 aromatic carbocycles. The van der Waals surface area contributed by atoms with Gasteiger partial charge in [0.25, 0.3) is 5.91 Å². The molecule has 0 unspecified atom stereocenters. The number of amides is 1. The highest BCUT2D eigenvalue weighted by Gasteiger charge is 2.35. The van der Waals surface area contributed by atoms with Gasteiger partial charge >= 0.3 is 0 Å². The highest BCUT2D eigenvalue weighted by Crippen LogP contribution is 2.41. The van der Waals surface area contributed by atoms with Gasteiger partial charge in [-0.05, 0) is 65.9 Å². The quantitative estimate of drug-likeness (QED) is 0.373. The Kier molecular flexibility index (Phi) is 5.90. The van der Waals surface area contributed by atoms with Crippen LogP contribution in [0.5, 0.6) is 5.75 Å². The molecule has 1 aliphatic rings. The zero-order valence-electron chi connectivity index (χ0n) is 15.5. The van der Waals surface area contributed by atoms with E-state index in [1.807, 2.05) is 61.5 Å². The summed E-state index contributed by atoms with van der Waals surface area (Å²) in [6.07, 6.45) is -0.516. The fraction of sp³-hybridized carbons (Fsp3) is 0.136. The van der Waals surface area contributed by atoms with Crippen LogP contribution in [0, 0.1) is 3.57 Å². The predicted octanol–water partition coefficient (Wildman–Crippen LogP) is 6.77. The molecular weight excluding hydrogens is 522 g/mol. The van der Waals surface area contributed by atoms with Gasteiger partial charge in [-0.15, -0.1) is 0 Å². The summed E-state index contributed by atoms with van der Waals surface area (Å²) < 4.78 is 6.62. The molecule has 7 heteroatoms. The number of ether oxygens (including phenoxy) is 1. The normalized spacial score (nSPS) is 15.7. The lowest BCUT2D eigenvalue weighted by Crippen LogP contribution is -2.43. The number of nitrogens with one attached hydrogen (secondary N) is 1. The number of carbonyl (C=O) groups excluding carboxylic acids is 1. The van der Waals surface area contributed by atoms with Crippen molar-refractivity contribution in [3.05, 3.63) is 85.4 Å². The first-order chi connectivity index (χ1) is 14.0. The number of hydrogen-bond acceptors (Lipinski definition) is 3. The Bertz CT molecular complexity index is 1090. The molecule has 0 spiro atoms. The van der Waals surface area contributed by atoms with E-state index in [9.17, 15) is 4.79 Å². The molecule has 1 heterocycles. The molecule has 0 aromatic heterocycles. The highest BCUT2D eigenvalue weighted by atomic mass is 127. The largest absolute Gasteiger partial charge is 0.494 e. The summed E-state index contributed by atoms with van der Waals surface area (Å²) in [5, 5.41) is 4.31. The summed E-state index contributed by atoms with van der Waals surface area (Å²) in [6, 6.07) is 18.6. The molecule has 0 saturated carbocycles. The first-order valence-electron chi connectivity index (χ1n) is 9.06. The van der Waals surface area contributed by atoms with E-state index in [4.69, 9.17) is 27.9 Å². The van der Waals surface area contributed by atoms with E-state index in [1.165, 1.54) is 0 Å². The minimum Gasteiger partial charge on any atom is -0.494 e. The summed E-state index contributed by atoms with van der Waals surface area (Å²) in [5.41, 5.74) is 2.79. The molecule has 0 saturated heterocycles. The lowest BCUT2D eigenvalue weighted by Gasteiger charge is -2.38. The second-order valence-electron chi connectivity index (χ2n) is 6.49. The smallest absolute Gasteiger partial charge is 0.262 e. The van der Waals surface area contributed by atoms with E-state index in [0.717, 1.165) is 14.8 Å². The van der Waals surface area contributed by atoms with Gasteiger partial charge in [0.2, 0.25) is 0 Å². The van der Waals surface area contributed by atoms with Crippen LogP contribution in [0.2, 0.25) is 10.0 Å². The van der Waals surface area contributed by atoms with E-state index < -0.39 is 6.17 Å². The third-order valence-electron chi connectivity index (χ3n) is 4.66. The number of carbonyl (C=O) groups is 1. The van der Waals surface area contributed by atoms with Crippen molar-refractivity contribution in [2.45, 2.75) is 13.1 Å². The summed E-state index contributed by atoms with van der Waals surface area (Å²) in [7, 11) is 0. The lowest BCUT2D eigenvalue weighted by atomic mass is 10.0. The molecule has 0 radical (unpaired) electrons. The Morgan fingerprint density at radius 1 is 1.10 bits per heavy atom. The number of fused-ring (bicyclic) bond motifs is 1. The molecule has 0 bridgehead atoms. The first-order valence-corrected chi connectivity index (χ1v) is 10.9. The van der Waals surface area contributed by atoms with Crippen LogP contribution >= 0.6 is 45.8 Å². The van der Waals surface area contributed by atoms with Crippen molar-refractivity contribution in [2.24, 2.45) is 0 Å². The predicted molar refractivity (Wildman–Crippen MR) is 126 cm³/mol. The third-order valence-corrected chi connectivity index (χ3v) is 6.17. The maximum atomic E-state index is 13.6. The summed E-state index contributed by atoms with van der Waals surface area (Å²) in [4.78, 5) is 15.3. The zero-order chi connectivity index (χ0) is 20.5. The Morgan fingerprint density at radius 2 is 1.90 bits per heavy atom. The van der Waals surface area contributed by atoms with Gasteiger partial charge in [0.1, 0.15) is 11.9 Å². The van der Waals surface area contributed by atoms with Crippen LogP contribution in [-0.4, -0.2) is 12.5 Å². The third kappa shape index (κ3) is 3.91. The maximum absolute atomic E-state index is 13.6. The van der Waals surface area contributed by atoms with Gasteiger partial charge in [0.15, 0.2) is 0 Å². The average molecular weight is 539 g/mol. The number of halogens is 3. The summed E-state index contributed by atoms with van der Waals surface area (Å²) in [6.45, 7) is 2.47. The van der Waals surface area contributed by atoms with Crippen LogP contribution in [0.25, 0.3) is 0 Å². The van der Waals surface area contributed by atoms with Crippen molar-refractivity contribution in [3.63, 3.8) is 0 Å². The van der Waals surface area contributed by atoms with Gasteiger partial charge in [-0.3, -0.25) is 9.69 Å². The molecule has 3 aromatic rings. The molecule has 0 aliphatic carbocycles. The molecule has 1 atom stereocenters. The molecule has 1 N–H and O–H groups in total. The Labute approximate surface area is 192 Å². The van der Waals surface area contributed by atoms with E-state index in [1.54, 1.807) is 11.0 Å². The van der Waals surface area contributed by atoms with Crippen molar-refractivity contribution >= 4 is 63.1 Å². The second-order valence-corrected chi connectivity index (χ2v) is 8.52. The number of nitrogens with zero attached hydrogens (tertiary/aromatic N) is 1. The Balaban J connectivity index is 1.89. The van der Waals surface area contributed by atoms with Crippen molar-refractivity contribution in [1.82, 2.24) is 0 Å². The van der Waals surface area contributed by atoms with E-state index in [-0.39, 0.29) is 5.91 Å². The standard InChI is InChI=1S/C22H17Cl2IN2O2/c1-2-29-15-6-3-5-14(12-15)27-21(16-7-4-8-18(23)20(16)24)26-19-10-9-13(25)11-17(19)22(27)28/h3-12,21,26H,2H2,1H3/t21-/m1/s1. The van der Waals surface area contributed by atoms with E-state index in [2.05, 4.69) is 27.9 Å². The van der Waals surface area contributed by atoms with Crippen LogP contribution in [0.1, 0.15) is 29.0 Å². The van der Waals surface area contributed by atoms with Crippen molar-refractivity contribution in [1.29, 1.82) is 0 Å². The van der Waals surface area contributed by atoms with Gasteiger partial charge in [0, 0.05) is 20.9 Å². The van der Waals surface area contributed by atoms with Gasteiger partial charge < -0.3 is 10.1 Å². The van der Waals surface area contributed by atoms with Gasteiger partial charge in [-0.1, -0.05) is 41.4 Å². The number of anilines is 2. The van der Waals surface area contributed by atoms with Crippen molar-refractivity contribution < 1.29 is 9.53 Å². The molecular formula is C22H17Cl2IN2O2. The van der Waals surface area contributed by atoms with Crippen LogP contribution < -0.4 is 15.0 Å². The van der Waals surface area contributed by atoms with Crippen molar-refractivity contribution in [3.8, 4) is 5.75 Å². The minimum atomic E-state index is -0.516. The second kappa shape index (κ2) is 8.42. The van der Waals surface area contributed by atoms with Gasteiger partial charge in [-0.25, -0.2) is 0 Å². The van der Waals surface area contributed by atoms with E-state index in [0.29, 0.717) is 33.7 Å². The van der Waals surface area contributed by atoms with Crippen LogP contribution in [0.3, 0.4) is 0 Å². The summed E-state index contributed by atoms with van der Waals surface area (Å²) in [5.74, 6) is 0.578. The molecule has 4 rings (SSSR count). The van der Waals surface area contributed by atoms with Crippen LogP contribution in [0.15, 0.2) is 60.7 Å². The van der Waals surface area contributed by atoms with Crippen LogP contribution in [0.4, 0.5) is 11.4 Å². The average Bonchev–Trinajstić information content (AvgIpc) is 2.71. The fourth-order valence-electron chi connectivity index (χ4n) is 3.38. The first kappa shape index (κ1) is 20.3. The van der Waals surface area contributed by atoms with E-state index >= 15 is 0 Å². The monoisotopic (exact) mass is 538 g/mol.